The van der Waals surface area contributed by atoms with E-state index in [-0.39, 0.29) is 0 Å². The molecule has 1 aromatic rings. The van der Waals surface area contributed by atoms with Crippen LogP contribution in [0.2, 0.25) is 0 Å². The molecule has 0 unspecified atom stereocenters. The van der Waals surface area contributed by atoms with E-state index in [9.17, 15) is 0 Å². The summed E-state index contributed by atoms with van der Waals surface area (Å²) in [5.74, 6) is 0.657. The summed E-state index contributed by atoms with van der Waals surface area (Å²) in [4.78, 5) is 6.43. The molecule has 0 bridgehead atoms. The Morgan fingerprint density at radius 1 is 1.60 bits per heavy atom. The maximum atomic E-state index is 5.61. The molecule has 0 aliphatic carbocycles. The van der Waals surface area contributed by atoms with Crippen molar-refractivity contribution in [2.24, 2.45) is 0 Å². The van der Waals surface area contributed by atoms with E-state index in [1.807, 2.05) is 6.07 Å². The van der Waals surface area contributed by atoms with Crippen molar-refractivity contribution in [1.82, 2.24) is 9.88 Å². The average Bonchev–Trinajstić information content (AvgIpc) is 2.63. The van der Waals surface area contributed by atoms with E-state index in [0.717, 1.165) is 0 Å². The molecule has 1 saturated heterocycles. The van der Waals surface area contributed by atoms with E-state index in [1.165, 1.54) is 19.4 Å². The second-order valence-corrected chi connectivity index (χ2v) is 4.02. The summed E-state index contributed by atoms with van der Waals surface area (Å²) in [6.07, 6.45) is 4.10. The van der Waals surface area contributed by atoms with Gasteiger partial charge < -0.3 is 15.4 Å². The maximum Gasteiger partial charge on any atom is 0.213 e. The Hall–Kier alpha value is -1.29. The zero-order chi connectivity index (χ0) is 10.7. The number of nitrogens with zero attached hydrogens (tertiary/aromatic N) is 2. The summed E-state index contributed by atoms with van der Waals surface area (Å²) in [5, 5.41) is 0. The summed E-state index contributed by atoms with van der Waals surface area (Å²) in [6.45, 7) is 1.89. The van der Waals surface area contributed by atoms with E-state index in [2.05, 4.69) is 16.9 Å². The van der Waals surface area contributed by atoms with Gasteiger partial charge in [0.2, 0.25) is 5.88 Å². The third kappa shape index (κ3) is 2.59. The minimum absolute atomic E-state index is 0.532. The van der Waals surface area contributed by atoms with Crippen LogP contribution in [-0.2, 0) is 0 Å². The molecule has 2 N–H and O–H groups in total. The van der Waals surface area contributed by atoms with Gasteiger partial charge in [0, 0.05) is 12.1 Å². The number of rotatable bonds is 3. The Labute approximate surface area is 90.0 Å². The van der Waals surface area contributed by atoms with E-state index >= 15 is 0 Å². The summed E-state index contributed by atoms with van der Waals surface area (Å²) >= 11 is 0. The van der Waals surface area contributed by atoms with Crippen molar-refractivity contribution in [2.75, 3.05) is 25.9 Å². The number of likely N-dealkylation sites (tertiary alicyclic amines) is 1. The van der Waals surface area contributed by atoms with Gasteiger partial charge in [0.1, 0.15) is 6.61 Å². The van der Waals surface area contributed by atoms with Crippen molar-refractivity contribution in [2.45, 2.75) is 18.9 Å². The van der Waals surface area contributed by atoms with Crippen LogP contribution in [0.25, 0.3) is 0 Å². The van der Waals surface area contributed by atoms with Crippen LogP contribution in [0.3, 0.4) is 0 Å². The number of aromatic nitrogens is 1. The van der Waals surface area contributed by atoms with Crippen LogP contribution in [0.1, 0.15) is 12.8 Å². The number of pyridine rings is 1. The highest BCUT2D eigenvalue weighted by atomic mass is 16.5. The Morgan fingerprint density at radius 3 is 3.07 bits per heavy atom. The van der Waals surface area contributed by atoms with Crippen molar-refractivity contribution >= 4 is 5.69 Å². The van der Waals surface area contributed by atoms with Gasteiger partial charge in [-0.1, -0.05) is 0 Å². The molecular formula is C11H17N3O. The summed E-state index contributed by atoms with van der Waals surface area (Å²) in [5.41, 5.74) is 6.21. The first-order chi connectivity index (χ1) is 7.25. The molecule has 0 spiro atoms. The molecule has 1 atom stereocenters. The summed E-state index contributed by atoms with van der Waals surface area (Å²) in [6, 6.07) is 4.15. The zero-order valence-electron chi connectivity index (χ0n) is 9.02. The van der Waals surface area contributed by atoms with E-state index in [0.29, 0.717) is 24.2 Å². The Kier molecular flexibility index (Phi) is 3.06. The largest absolute Gasteiger partial charge is 0.476 e. The third-order valence-corrected chi connectivity index (χ3v) is 2.85. The van der Waals surface area contributed by atoms with Crippen LogP contribution >= 0.6 is 0 Å². The molecule has 0 saturated carbocycles. The van der Waals surface area contributed by atoms with Gasteiger partial charge in [0.25, 0.3) is 0 Å². The van der Waals surface area contributed by atoms with Gasteiger partial charge in [0.15, 0.2) is 0 Å². The highest BCUT2D eigenvalue weighted by Crippen LogP contribution is 2.16. The van der Waals surface area contributed by atoms with Gasteiger partial charge in [-0.05, 0) is 32.5 Å². The van der Waals surface area contributed by atoms with E-state index < -0.39 is 0 Å². The predicted molar refractivity (Wildman–Crippen MR) is 59.8 cm³/mol. The van der Waals surface area contributed by atoms with E-state index in [1.54, 1.807) is 12.3 Å². The van der Waals surface area contributed by atoms with Crippen molar-refractivity contribution in [1.29, 1.82) is 0 Å². The fourth-order valence-corrected chi connectivity index (χ4v) is 1.85. The van der Waals surface area contributed by atoms with Crippen LogP contribution in [0, 0.1) is 0 Å². The highest BCUT2D eigenvalue weighted by molar-refractivity contribution is 5.35. The number of anilines is 1. The number of likely N-dealkylation sites (N-methyl/N-ethyl adjacent to an activating group) is 1. The molecule has 1 aliphatic rings. The van der Waals surface area contributed by atoms with Crippen LogP contribution < -0.4 is 10.5 Å². The molecule has 1 aromatic heterocycles. The maximum absolute atomic E-state index is 5.61. The lowest BCUT2D eigenvalue weighted by atomic mass is 10.2. The fraction of sp³-hybridized carbons (Fsp3) is 0.545. The second-order valence-electron chi connectivity index (χ2n) is 4.02. The van der Waals surface area contributed by atoms with Gasteiger partial charge in [-0.3, -0.25) is 0 Å². The Morgan fingerprint density at radius 2 is 2.47 bits per heavy atom. The minimum atomic E-state index is 0.532. The first-order valence-corrected chi connectivity index (χ1v) is 5.30. The van der Waals surface area contributed by atoms with E-state index in [4.69, 9.17) is 10.5 Å². The highest BCUT2D eigenvalue weighted by Gasteiger charge is 2.21. The smallest absolute Gasteiger partial charge is 0.213 e. The van der Waals surface area contributed by atoms with Gasteiger partial charge >= 0.3 is 0 Å². The number of hydrogen-bond donors (Lipinski definition) is 1. The SMILES string of the molecule is CN1CCC[C@H]1COc1ccc(N)cn1. The molecule has 0 radical (unpaired) electrons. The molecule has 4 heteroatoms. The topological polar surface area (TPSA) is 51.4 Å². The van der Waals surface area contributed by atoms with Crippen molar-refractivity contribution < 1.29 is 4.74 Å². The molecule has 2 heterocycles. The molecule has 1 aliphatic heterocycles. The lowest BCUT2D eigenvalue weighted by molar-refractivity contribution is 0.193. The van der Waals surface area contributed by atoms with Crippen LogP contribution in [0.15, 0.2) is 18.3 Å². The third-order valence-electron chi connectivity index (χ3n) is 2.85. The summed E-state index contributed by atoms with van der Waals surface area (Å²) < 4.78 is 5.61. The van der Waals surface area contributed by atoms with Gasteiger partial charge in [-0.2, -0.15) is 0 Å². The van der Waals surface area contributed by atoms with Crippen molar-refractivity contribution in [3.8, 4) is 5.88 Å². The standard InChI is InChI=1S/C11H17N3O/c1-14-6-2-3-10(14)8-15-11-5-4-9(12)7-13-11/h4-5,7,10H,2-3,6,8,12H2,1H3/t10-/m0/s1. The number of nitrogens with two attached hydrogens (primary N) is 1. The molecule has 15 heavy (non-hydrogen) atoms. The second kappa shape index (κ2) is 4.49. The van der Waals surface area contributed by atoms with Gasteiger partial charge in [-0.15, -0.1) is 0 Å². The lowest BCUT2D eigenvalue weighted by Gasteiger charge is -2.19. The predicted octanol–water partition coefficient (Wildman–Crippen LogP) is 1.14. The lowest BCUT2D eigenvalue weighted by Crippen LogP contribution is -2.30. The minimum Gasteiger partial charge on any atom is -0.476 e. The first-order valence-electron chi connectivity index (χ1n) is 5.30. The molecule has 1 fully saturated rings. The normalized spacial score (nSPS) is 21.8. The van der Waals surface area contributed by atoms with Gasteiger partial charge in [-0.25, -0.2) is 4.98 Å². The molecular weight excluding hydrogens is 190 g/mol. The van der Waals surface area contributed by atoms with Crippen molar-refractivity contribution in [3.05, 3.63) is 18.3 Å². The van der Waals surface area contributed by atoms with Gasteiger partial charge in [0.05, 0.1) is 11.9 Å². The number of nitrogen functional groups attached to an aromatic ring is 1. The average molecular weight is 207 g/mol. The first kappa shape index (κ1) is 10.2. The number of ether oxygens (including phenoxy) is 1. The van der Waals surface area contributed by atoms with Crippen LogP contribution in [0.4, 0.5) is 5.69 Å². The molecule has 82 valence electrons. The monoisotopic (exact) mass is 207 g/mol. The van der Waals surface area contributed by atoms with Crippen molar-refractivity contribution in [3.63, 3.8) is 0 Å². The molecule has 4 nitrogen and oxygen atoms in total. The molecule has 0 aromatic carbocycles. The fourth-order valence-electron chi connectivity index (χ4n) is 1.85. The number of hydrogen-bond acceptors (Lipinski definition) is 4. The molecule has 2 rings (SSSR count). The zero-order valence-corrected chi connectivity index (χ0v) is 9.02. The molecule has 0 amide bonds. The summed E-state index contributed by atoms with van der Waals surface area (Å²) in [7, 11) is 2.14. The van der Waals surface area contributed by atoms with Crippen LogP contribution in [-0.4, -0.2) is 36.1 Å². The Bertz CT molecular complexity index is 312. The van der Waals surface area contributed by atoms with Crippen LogP contribution in [0.5, 0.6) is 5.88 Å². The Balaban J connectivity index is 1.85. The quantitative estimate of drug-likeness (QED) is 0.807.